The fourth-order valence-corrected chi connectivity index (χ4v) is 12.5. The first kappa shape index (κ1) is 43.9. The van der Waals surface area contributed by atoms with Gasteiger partial charge in [0.2, 0.25) is 0 Å². The topological polar surface area (TPSA) is 93.4 Å². The monoisotopic (exact) mass is 1070 g/mol. The van der Waals surface area contributed by atoms with E-state index in [-0.39, 0.29) is 20.1 Å². The third kappa shape index (κ3) is 9.20. The van der Waals surface area contributed by atoms with Gasteiger partial charge in [-0.25, -0.2) is 0 Å². The van der Waals surface area contributed by atoms with Crippen LogP contribution in [0.2, 0.25) is 17.3 Å². The molecular weight excluding hydrogens is 1010 g/mol. The van der Waals surface area contributed by atoms with Crippen molar-refractivity contribution in [1.82, 2.24) is 24.5 Å². The van der Waals surface area contributed by atoms with Crippen LogP contribution in [0.4, 0.5) is 0 Å². The van der Waals surface area contributed by atoms with Gasteiger partial charge in [0.1, 0.15) is 11.3 Å². The van der Waals surface area contributed by atoms with E-state index in [0.717, 1.165) is 72.9 Å². The van der Waals surface area contributed by atoms with Crippen LogP contribution in [0.15, 0.2) is 120 Å². The summed E-state index contributed by atoms with van der Waals surface area (Å²) in [5.74, 6) is 9.04. The van der Waals surface area contributed by atoms with Crippen LogP contribution in [-0.2, 0) is 26.5 Å². The second-order valence-corrected chi connectivity index (χ2v) is 28.4. The van der Waals surface area contributed by atoms with Crippen molar-refractivity contribution in [2.45, 2.75) is 76.6 Å². The molecule has 0 bridgehead atoms. The molecule has 0 aliphatic heterocycles. The van der Waals surface area contributed by atoms with Crippen molar-refractivity contribution < 1.29 is 24.5 Å². The minimum atomic E-state index is -1.89. The van der Waals surface area contributed by atoms with Crippen LogP contribution in [0.25, 0.3) is 72.6 Å². The van der Waals surface area contributed by atoms with Crippen molar-refractivity contribution >= 4 is 50.8 Å². The number of imidazole rings is 1. The molecule has 7 nitrogen and oxygen atoms in total. The fraction of sp³-hybridized carbons (Fsp3) is 0.241. The molecular formula is C54H50GeIrN6O-2. The van der Waals surface area contributed by atoms with Gasteiger partial charge in [-0.15, -0.1) is 6.07 Å². The van der Waals surface area contributed by atoms with Crippen molar-refractivity contribution in [2.24, 2.45) is 5.92 Å². The van der Waals surface area contributed by atoms with Gasteiger partial charge in [-0.1, -0.05) is 35.9 Å². The maximum absolute atomic E-state index is 9.43. The number of furan rings is 1. The van der Waals surface area contributed by atoms with Gasteiger partial charge in [-0.2, -0.15) is 5.26 Å². The Bertz CT molecular complexity index is 3100. The zero-order chi connectivity index (χ0) is 43.0. The van der Waals surface area contributed by atoms with Gasteiger partial charge in [0.25, 0.3) is 0 Å². The second-order valence-electron chi connectivity index (χ2n) is 17.8. The average molecular weight is 1060 g/mol. The Balaban J connectivity index is 0.000000194. The van der Waals surface area contributed by atoms with Crippen molar-refractivity contribution in [1.29, 1.82) is 5.26 Å². The maximum atomic E-state index is 9.43. The number of nitrogens with zero attached hydrogens (tertiary/aromatic N) is 6. The Morgan fingerprint density at radius 2 is 1.56 bits per heavy atom. The molecule has 4 aromatic carbocycles. The Hall–Kier alpha value is -5.72. The maximum Gasteiger partial charge on any atom is 0 e. The zero-order valence-electron chi connectivity index (χ0n) is 36.7. The van der Waals surface area contributed by atoms with Crippen molar-refractivity contribution in [3.8, 4) is 45.5 Å². The number of rotatable bonds is 7. The number of nitriles is 1. The first-order valence-corrected chi connectivity index (χ1v) is 29.0. The van der Waals surface area contributed by atoms with Crippen LogP contribution < -0.4 is 4.40 Å². The summed E-state index contributed by atoms with van der Waals surface area (Å²) in [5, 5.41) is 11.1. The average Bonchev–Trinajstić information content (AvgIpc) is 3.84. The van der Waals surface area contributed by atoms with E-state index in [9.17, 15) is 5.26 Å². The van der Waals surface area contributed by atoms with E-state index in [0.29, 0.717) is 16.9 Å². The van der Waals surface area contributed by atoms with Gasteiger partial charge in [0.05, 0.1) is 34.7 Å². The third-order valence-electron chi connectivity index (χ3n) is 12.2. The van der Waals surface area contributed by atoms with Crippen molar-refractivity contribution in [2.75, 3.05) is 0 Å². The predicted molar refractivity (Wildman–Crippen MR) is 254 cm³/mol. The number of pyridine rings is 3. The standard InChI is InChI=1S/C33H22N5O.C21H28GeN.Ir/c1-19-11-24(23-7-5-4-6-8-23)12-20(2)31(19)38-29-18-35-21(3)13-28(29)37-32(38)25-15-27-26-14-22(16-34)9-10-30(26)39-33(27)36-17-25;1-22(2,3)20-16-23-21(18-12-8-5-9-13-18)15-19(20)14-17-10-6-4-7-11-17;/h4-15,18H,1-3H3;5,8-9,12,15-17H,4,6-7,10-11,14H2,1-3H3;/q2*-1;. The van der Waals surface area contributed by atoms with Crippen LogP contribution in [0.1, 0.15) is 60.1 Å². The van der Waals surface area contributed by atoms with Gasteiger partial charge in [-0.3, -0.25) is 9.97 Å². The van der Waals surface area contributed by atoms with Crippen LogP contribution in [0.5, 0.6) is 0 Å². The summed E-state index contributed by atoms with van der Waals surface area (Å²) in [4.78, 5) is 19.0. The number of benzene rings is 4. The number of fused-ring (bicyclic) bond motifs is 4. The van der Waals surface area contributed by atoms with Crippen LogP contribution in [0.3, 0.4) is 0 Å². The summed E-state index contributed by atoms with van der Waals surface area (Å²) in [6, 6.07) is 40.3. The van der Waals surface area contributed by atoms with Crippen molar-refractivity contribution in [3.63, 3.8) is 0 Å². The Morgan fingerprint density at radius 1 is 0.794 bits per heavy atom. The molecule has 0 unspecified atom stereocenters. The molecule has 10 rings (SSSR count). The van der Waals surface area contributed by atoms with E-state index in [2.05, 4.69) is 125 Å². The van der Waals surface area contributed by atoms with Crippen LogP contribution in [0, 0.1) is 50.3 Å². The largest absolute Gasteiger partial charge is 0 e. The van der Waals surface area contributed by atoms with Gasteiger partial charge in [0, 0.05) is 36.9 Å². The molecule has 0 saturated heterocycles. The molecule has 1 radical (unpaired) electrons. The number of hydrogen-bond donors (Lipinski definition) is 0. The minimum Gasteiger partial charge on any atom is 0 e. The van der Waals surface area contributed by atoms with Crippen LogP contribution in [-0.4, -0.2) is 37.8 Å². The van der Waals surface area contributed by atoms with E-state index in [4.69, 9.17) is 14.4 Å². The van der Waals surface area contributed by atoms with E-state index in [1.165, 1.54) is 49.7 Å². The quantitative estimate of drug-likeness (QED) is 0.117. The third-order valence-corrected chi connectivity index (χ3v) is 16.5. The van der Waals surface area contributed by atoms with Gasteiger partial charge in [0.15, 0.2) is 0 Å². The van der Waals surface area contributed by atoms with E-state index in [1.807, 2.05) is 49.5 Å². The SMILES string of the molecule is Cc1cc2nc(-c3[c-]nc4oc5ccc(C#N)cc5c4c3)n(-c3c(C)cc(-c4ccccc4)cc3C)c2cn1.[CH3][Ge]([CH3])([CH3])[c]1cnc(-c2[c-]cccc2)cc1CC1CCCCC1.[Ir]. The summed E-state index contributed by atoms with van der Waals surface area (Å²) >= 11 is -1.89. The first-order chi connectivity index (χ1) is 30.0. The molecule has 0 atom stereocenters. The molecule has 63 heavy (non-hydrogen) atoms. The molecule has 317 valence electrons. The first-order valence-electron chi connectivity index (χ1n) is 21.7. The summed E-state index contributed by atoms with van der Waals surface area (Å²) in [7, 11) is 0. The van der Waals surface area contributed by atoms with E-state index < -0.39 is 13.3 Å². The fourth-order valence-electron chi connectivity index (χ4n) is 9.13. The second kappa shape index (κ2) is 18.6. The molecule has 0 amide bonds. The number of aromatic nitrogens is 5. The number of hydrogen-bond acceptors (Lipinski definition) is 6. The smallest absolute Gasteiger partial charge is 0 e. The molecule has 9 aromatic rings. The zero-order valence-corrected chi connectivity index (χ0v) is 41.2. The van der Waals surface area contributed by atoms with Gasteiger partial charge >= 0.3 is 144 Å². The number of aryl methyl sites for hydroxylation is 3. The normalized spacial score (nSPS) is 13.1. The van der Waals surface area contributed by atoms with Gasteiger partial charge in [-0.05, 0) is 91.0 Å². The molecule has 5 aromatic heterocycles. The Kier molecular flexibility index (Phi) is 12.9. The minimum absolute atomic E-state index is 0. The summed E-state index contributed by atoms with van der Waals surface area (Å²) < 4.78 is 9.69. The molecule has 0 spiro atoms. The van der Waals surface area contributed by atoms with Gasteiger partial charge < -0.3 is 14.0 Å². The molecule has 1 aliphatic rings. The molecule has 0 N–H and O–H groups in total. The predicted octanol–water partition coefficient (Wildman–Crippen LogP) is 12.9. The Morgan fingerprint density at radius 3 is 2.27 bits per heavy atom. The molecule has 1 fully saturated rings. The van der Waals surface area contributed by atoms with Crippen LogP contribution >= 0.6 is 0 Å². The molecule has 5 heterocycles. The molecule has 9 heteroatoms. The molecule has 1 aliphatic carbocycles. The van der Waals surface area contributed by atoms with E-state index in [1.54, 1.807) is 22.1 Å². The summed E-state index contributed by atoms with van der Waals surface area (Å²) in [6.45, 7) is 6.22. The van der Waals surface area contributed by atoms with E-state index >= 15 is 0 Å². The summed E-state index contributed by atoms with van der Waals surface area (Å²) in [5.41, 5.74) is 14.5. The summed E-state index contributed by atoms with van der Waals surface area (Å²) in [6.07, 6.45) is 15.6. The molecule has 1 saturated carbocycles. The Labute approximate surface area is 386 Å². The van der Waals surface area contributed by atoms with Crippen molar-refractivity contribution in [3.05, 3.63) is 156 Å².